The minimum atomic E-state index is -0.964. The van der Waals surface area contributed by atoms with Gasteiger partial charge in [0.15, 0.2) is 0 Å². The fraction of sp³-hybridized carbons (Fsp3) is 0.556. The van der Waals surface area contributed by atoms with Crippen molar-refractivity contribution in [3.05, 3.63) is 12.7 Å². The fourth-order valence-electron chi connectivity index (χ4n) is 0.928. The number of hydrogen-bond acceptors (Lipinski definition) is 3. The highest BCUT2D eigenvalue weighted by Gasteiger charge is 2.23. The Kier molecular flexibility index (Phi) is 5.36. The highest BCUT2D eigenvalue weighted by atomic mass is 16.5. The van der Waals surface area contributed by atoms with E-state index >= 15 is 0 Å². The van der Waals surface area contributed by atoms with E-state index in [1.807, 2.05) is 0 Å². The maximum absolute atomic E-state index is 10.8. The number of alkyl carbamates (subject to hydrolysis) is 1. The van der Waals surface area contributed by atoms with E-state index in [1.165, 1.54) is 13.2 Å². The zero-order valence-corrected chi connectivity index (χ0v) is 8.32. The Morgan fingerprint density at radius 3 is 2.57 bits per heavy atom. The van der Waals surface area contributed by atoms with Gasteiger partial charge in [-0.3, -0.25) is 4.79 Å². The third kappa shape index (κ3) is 3.93. The first kappa shape index (κ1) is 12.5. The van der Waals surface area contributed by atoms with E-state index in [1.54, 1.807) is 6.92 Å². The predicted molar refractivity (Wildman–Crippen MR) is 50.9 cm³/mol. The van der Waals surface area contributed by atoms with Crippen LogP contribution in [0.1, 0.15) is 6.92 Å². The number of carboxylic acid groups (broad SMARTS) is 1. The van der Waals surface area contributed by atoms with Crippen LogP contribution in [0.5, 0.6) is 0 Å². The summed E-state index contributed by atoms with van der Waals surface area (Å²) in [5.41, 5.74) is 0. The molecule has 5 heteroatoms. The molecule has 80 valence electrons. The Labute approximate surface area is 82.7 Å². The maximum Gasteiger partial charge on any atom is 0.406 e. The third-order valence-electron chi connectivity index (χ3n) is 1.98. The van der Waals surface area contributed by atoms with Gasteiger partial charge in [-0.05, 0) is 5.92 Å². The number of carbonyl (C=O) groups is 2. The molecular formula is C9H15NO4. The summed E-state index contributed by atoms with van der Waals surface area (Å²) in [6.45, 7) is 5.27. The van der Waals surface area contributed by atoms with Crippen LogP contribution >= 0.6 is 0 Å². The summed E-state index contributed by atoms with van der Waals surface area (Å²) < 4.78 is 4.32. The van der Waals surface area contributed by atoms with E-state index in [0.29, 0.717) is 0 Å². The third-order valence-corrected chi connectivity index (χ3v) is 1.98. The second-order valence-corrected chi connectivity index (χ2v) is 2.91. The van der Waals surface area contributed by atoms with Crippen molar-refractivity contribution in [1.29, 1.82) is 0 Å². The van der Waals surface area contributed by atoms with E-state index in [4.69, 9.17) is 5.11 Å². The highest BCUT2D eigenvalue weighted by molar-refractivity contribution is 5.73. The van der Waals surface area contributed by atoms with E-state index in [9.17, 15) is 9.59 Å². The topological polar surface area (TPSA) is 75.6 Å². The van der Waals surface area contributed by atoms with Crippen LogP contribution in [0.2, 0.25) is 0 Å². The largest absolute Gasteiger partial charge is 0.481 e. The van der Waals surface area contributed by atoms with E-state index in [-0.39, 0.29) is 12.5 Å². The lowest BCUT2D eigenvalue weighted by atomic mass is 9.94. The van der Waals surface area contributed by atoms with Gasteiger partial charge in [0.25, 0.3) is 0 Å². The minimum Gasteiger partial charge on any atom is -0.481 e. The second-order valence-electron chi connectivity index (χ2n) is 2.91. The van der Waals surface area contributed by atoms with Gasteiger partial charge < -0.3 is 15.2 Å². The molecule has 0 aromatic carbocycles. The van der Waals surface area contributed by atoms with Gasteiger partial charge in [0.05, 0.1) is 13.0 Å². The standard InChI is InChI=1S/C9H15NO4/c1-4-6(2)7(8(11)12)5-10-9(13)14-3/h4,6-7H,1,5H2,2-3H3,(H,10,13)(H,11,12). The summed E-state index contributed by atoms with van der Waals surface area (Å²) in [6, 6.07) is 0. The molecule has 2 unspecified atom stereocenters. The first-order valence-corrected chi connectivity index (χ1v) is 4.20. The first-order valence-electron chi connectivity index (χ1n) is 4.20. The van der Waals surface area contributed by atoms with E-state index < -0.39 is 18.0 Å². The van der Waals surface area contributed by atoms with Crippen LogP contribution in [-0.2, 0) is 9.53 Å². The molecule has 14 heavy (non-hydrogen) atoms. The molecule has 0 aliphatic carbocycles. The lowest BCUT2D eigenvalue weighted by Crippen LogP contribution is -2.35. The van der Waals surface area contributed by atoms with Gasteiger partial charge in [-0.1, -0.05) is 13.0 Å². The average Bonchev–Trinajstić information content (AvgIpc) is 2.16. The molecule has 0 aliphatic rings. The van der Waals surface area contributed by atoms with Gasteiger partial charge in [-0.15, -0.1) is 6.58 Å². The second kappa shape index (κ2) is 6.01. The molecule has 5 nitrogen and oxygen atoms in total. The number of carbonyl (C=O) groups excluding carboxylic acids is 1. The fourth-order valence-corrected chi connectivity index (χ4v) is 0.928. The van der Waals surface area contributed by atoms with Crippen LogP contribution < -0.4 is 5.32 Å². The SMILES string of the molecule is C=CC(C)C(CNC(=O)OC)C(=O)O. The van der Waals surface area contributed by atoms with Crippen LogP contribution in [0.15, 0.2) is 12.7 Å². The molecule has 0 heterocycles. The van der Waals surface area contributed by atoms with Gasteiger partial charge in [0.2, 0.25) is 0 Å². The number of allylic oxidation sites excluding steroid dienone is 1. The Morgan fingerprint density at radius 2 is 2.21 bits per heavy atom. The van der Waals surface area contributed by atoms with Crippen LogP contribution in [-0.4, -0.2) is 30.8 Å². The van der Waals surface area contributed by atoms with Crippen LogP contribution in [0, 0.1) is 11.8 Å². The first-order chi connectivity index (χ1) is 6.52. The molecular weight excluding hydrogens is 186 g/mol. The van der Waals surface area contributed by atoms with Gasteiger partial charge >= 0.3 is 12.1 Å². The molecule has 0 saturated heterocycles. The average molecular weight is 201 g/mol. The van der Waals surface area contributed by atoms with Crippen molar-refractivity contribution in [3.8, 4) is 0 Å². The zero-order valence-electron chi connectivity index (χ0n) is 8.32. The lowest BCUT2D eigenvalue weighted by Gasteiger charge is -2.16. The Bertz CT molecular complexity index is 227. The van der Waals surface area contributed by atoms with Crippen LogP contribution in [0.25, 0.3) is 0 Å². The molecule has 0 radical (unpaired) electrons. The quantitative estimate of drug-likeness (QED) is 0.647. The van der Waals surface area contributed by atoms with Crippen molar-refractivity contribution < 1.29 is 19.4 Å². The number of ether oxygens (including phenoxy) is 1. The van der Waals surface area contributed by atoms with E-state index in [0.717, 1.165) is 0 Å². The number of hydrogen-bond donors (Lipinski definition) is 2. The Balaban J connectivity index is 4.17. The number of nitrogens with one attached hydrogen (secondary N) is 1. The van der Waals surface area contributed by atoms with Gasteiger partial charge in [-0.2, -0.15) is 0 Å². The Hall–Kier alpha value is -1.52. The molecule has 0 rings (SSSR count). The molecule has 0 aromatic heterocycles. The monoisotopic (exact) mass is 201 g/mol. The van der Waals surface area contributed by atoms with E-state index in [2.05, 4.69) is 16.6 Å². The highest BCUT2D eigenvalue weighted by Crippen LogP contribution is 2.11. The summed E-state index contributed by atoms with van der Waals surface area (Å²) in [7, 11) is 1.22. The number of aliphatic carboxylic acids is 1. The molecule has 0 aliphatic heterocycles. The van der Waals surface area contributed by atoms with Crippen molar-refractivity contribution in [2.45, 2.75) is 6.92 Å². The molecule has 0 saturated carbocycles. The lowest BCUT2D eigenvalue weighted by molar-refractivity contribution is -0.142. The van der Waals surface area contributed by atoms with Gasteiger partial charge in [0, 0.05) is 6.54 Å². The molecule has 1 amide bonds. The van der Waals surface area contributed by atoms with Crippen molar-refractivity contribution in [1.82, 2.24) is 5.32 Å². The zero-order chi connectivity index (χ0) is 11.1. The molecule has 0 spiro atoms. The predicted octanol–water partition coefficient (Wildman–Crippen LogP) is 0.865. The van der Waals surface area contributed by atoms with Crippen molar-refractivity contribution in [3.63, 3.8) is 0 Å². The minimum absolute atomic E-state index is 0.0369. The summed E-state index contributed by atoms with van der Waals surface area (Å²) in [4.78, 5) is 21.5. The van der Waals surface area contributed by atoms with Crippen molar-refractivity contribution in [2.24, 2.45) is 11.8 Å². The normalized spacial score (nSPS) is 13.9. The summed E-state index contributed by atoms with van der Waals surface area (Å²) >= 11 is 0. The van der Waals surface area contributed by atoms with Crippen LogP contribution in [0.4, 0.5) is 4.79 Å². The van der Waals surface area contributed by atoms with Crippen molar-refractivity contribution >= 4 is 12.1 Å². The van der Waals surface area contributed by atoms with Crippen LogP contribution in [0.3, 0.4) is 0 Å². The van der Waals surface area contributed by atoms with Gasteiger partial charge in [0.1, 0.15) is 0 Å². The number of methoxy groups -OCH3 is 1. The molecule has 2 N–H and O–H groups in total. The van der Waals surface area contributed by atoms with Gasteiger partial charge in [-0.25, -0.2) is 4.79 Å². The molecule has 2 atom stereocenters. The van der Waals surface area contributed by atoms with Crippen molar-refractivity contribution in [2.75, 3.05) is 13.7 Å². The molecule has 0 bridgehead atoms. The number of rotatable bonds is 5. The summed E-state index contributed by atoms with van der Waals surface area (Å²) in [6.07, 6.45) is 0.907. The number of amides is 1. The molecule has 0 aromatic rings. The number of carboxylic acids is 1. The smallest absolute Gasteiger partial charge is 0.406 e. The summed E-state index contributed by atoms with van der Waals surface area (Å²) in [5.74, 6) is -1.84. The Morgan fingerprint density at radius 1 is 1.64 bits per heavy atom. The summed E-state index contributed by atoms with van der Waals surface area (Å²) in [5, 5.41) is 11.2. The molecule has 0 fully saturated rings. The maximum atomic E-state index is 10.8.